The van der Waals surface area contributed by atoms with E-state index >= 15 is 0 Å². The average molecular weight is 350 g/mol. The molecule has 1 fully saturated rings. The molecule has 1 aliphatic heterocycles. The summed E-state index contributed by atoms with van der Waals surface area (Å²) in [4.78, 5) is 33.7. The number of aryl methyl sites for hydroxylation is 1. The molecule has 0 aliphatic carbocycles. The summed E-state index contributed by atoms with van der Waals surface area (Å²) in [5.41, 5.74) is 1.13. The summed E-state index contributed by atoms with van der Waals surface area (Å²) in [6, 6.07) is 0. The van der Waals surface area contributed by atoms with Crippen LogP contribution in [0.15, 0.2) is 4.79 Å². The number of nitrogens with one attached hydrogen (secondary N) is 2. The number of rotatable bonds is 8. The molecule has 1 aromatic rings. The Kier molecular flexibility index (Phi) is 7.43. The standard InChI is InChI=1S/C18H30N4O3/c1-13(2)5-4-8-19-16(23)7-6-15-14(3)20-18(21-17(15)24)22-9-11-25-12-10-22/h13H,4-12H2,1-3H3,(H,19,23)(H,20,21,24). The van der Waals surface area contributed by atoms with E-state index in [1.807, 2.05) is 11.8 Å². The van der Waals surface area contributed by atoms with Gasteiger partial charge in [-0.15, -0.1) is 0 Å². The minimum absolute atomic E-state index is 0.0141. The summed E-state index contributed by atoms with van der Waals surface area (Å²) in [7, 11) is 0. The monoisotopic (exact) mass is 350 g/mol. The van der Waals surface area contributed by atoms with Crippen LogP contribution in [0.5, 0.6) is 0 Å². The van der Waals surface area contributed by atoms with Crippen LogP contribution in [0.2, 0.25) is 0 Å². The normalized spacial score (nSPS) is 14.8. The fraction of sp³-hybridized carbons (Fsp3) is 0.722. The Bertz CT molecular complexity index is 621. The Hall–Kier alpha value is -1.89. The number of hydrogen-bond donors (Lipinski definition) is 2. The highest BCUT2D eigenvalue weighted by atomic mass is 16.5. The Labute approximate surface area is 149 Å². The summed E-state index contributed by atoms with van der Waals surface area (Å²) in [5.74, 6) is 1.22. The minimum atomic E-state index is -0.151. The Morgan fingerprint density at radius 2 is 2.08 bits per heavy atom. The van der Waals surface area contributed by atoms with Gasteiger partial charge < -0.3 is 15.0 Å². The molecule has 0 aromatic carbocycles. The van der Waals surface area contributed by atoms with Gasteiger partial charge in [-0.1, -0.05) is 13.8 Å². The molecule has 2 N–H and O–H groups in total. The summed E-state index contributed by atoms with van der Waals surface area (Å²) in [6.45, 7) is 9.59. The lowest BCUT2D eigenvalue weighted by Crippen LogP contribution is -2.38. The third-order valence-electron chi connectivity index (χ3n) is 4.40. The van der Waals surface area contributed by atoms with E-state index in [0.29, 0.717) is 55.7 Å². The quantitative estimate of drug-likeness (QED) is 0.692. The molecule has 7 nitrogen and oxygen atoms in total. The van der Waals surface area contributed by atoms with Gasteiger partial charge in [0.2, 0.25) is 11.9 Å². The van der Waals surface area contributed by atoms with E-state index in [1.54, 1.807) is 0 Å². The Morgan fingerprint density at radius 3 is 2.72 bits per heavy atom. The zero-order valence-electron chi connectivity index (χ0n) is 15.6. The molecule has 1 saturated heterocycles. The van der Waals surface area contributed by atoms with Gasteiger partial charge in [0, 0.05) is 37.3 Å². The largest absolute Gasteiger partial charge is 0.378 e. The Balaban J connectivity index is 1.87. The number of amides is 1. The van der Waals surface area contributed by atoms with Crippen LogP contribution in [0, 0.1) is 12.8 Å². The highest BCUT2D eigenvalue weighted by Crippen LogP contribution is 2.11. The van der Waals surface area contributed by atoms with Crippen molar-refractivity contribution in [3.8, 4) is 0 Å². The third kappa shape index (κ3) is 6.16. The number of carbonyl (C=O) groups excluding carboxylic acids is 1. The van der Waals surface area contributed by atoms with Crippen LogP contribution in [-0.4, -0.2) is 48.7 Å². The number of anilines is 1. The maximum Gasteiger partial charge on any atom is 0.255 e. The van der Waals surface area contributed by atoms with Gasteiger partial charge in [-0.2, -0.15) is 0 Å². The van der Waals surface area contributed by atoms with Crippen LogP contribution >= 0.6 is 0 Å². The van der Waals surface area contributed by atoms with Crippen molar-refractivity contribution in [2.75, 3.05) is 37.7 Å². The molecule has 0 unspecified atom stereocenters. The molecular formula is C18H30N4O3. The van der Waals surface area contributed by atoms with Crippen molar-refractivity contribution in [3.05, 3.63) is 21.6 Å². The summed E-state index contributed by atoms with van der Waals surface area (Å²) in [6.07, 6.45) is 2.81. The lowest BCUT2D eigenvalue weighted by molar-refractivity contribution is -0.121. The number of nitrogens with zero attached hydrogens (tertiary/aromatic N) is 2. The molecule has 140 valence electrons. The molecule has 7 heteroatoms. The minimum Gasteiger partial charge on any atom is -0.378 e. The van der Waals surface area contributed by atoms with E-state index in [-0.39, 0.29) is 11.5 Å². The zero-order valence-corrected chi connectivity index (χ0v) is 15.6. The fourth-order valence-electron chi connectivity index (χ4n) is 2.88. The van der Waals surface area contributed by atoms with Gasteiger partial charge in [0.1, 0.15) is 0 Å². The van der Waals surface area contributed by atoms with Gasteiger partial charge in [0.15, 0.2) is 0 Å². The summed E-state index contributed by atoms with van der Waals surface area (Å²) < 4.78 is 5.32. The molecule has 0 spiro atoms. The predicted molar refractivity (Wildman–Crippen MR) is 98.0 cm³/mol. The van der Waals surface area contributed by atoms with Gasteiger partial charge in [0.05, 0.1) is 13.2 Å². The van der Waals surface area contributed by atoms with E-state index in [0.717, 1.165) is 25.9 Å². The first-order chi connectivity index (χ1) is 12.0. The van der Waals surface area contributed by atoms with E-state index in [4.69, 9.17) is 4.74 Å². The second-order valence-electron chi connectivity index (χ2n) is 6.94. The molecule has 1 amide bonds. The fourth-order valence-corrected chi connectivity index (χ4v) is 2.88. The first-order valence-electron chi connectivity index (χ1n) is 9.16. The number of hydrogen-bond acceptors (Lipinski definition) is 5. The van der Waals surface area contributed by atoms with E-state index in [1.165, 1.54) is 0 Å². The van der Waals surface area contributed by atoms with E-state index in [2.05, 4.69) is 29.1 Å². The Morgan fingerprint density at radius 1 is 1.36 bits per heavy atom. The molecule has 0 bridgehead atoms. The van der Waals surface area contributed by atoms with Crippen molar-refractivity contribution < 1.29 is 9.53 Å². The van der Waals surface area contributed by atoms with Crippen LogP contribution in [-0.2, 0) is 16.0 Å². The van der Waals surface area contributed by atoms with Crippen LogP contribution in [0.1, 0.15) is 44.4 Å². The number of H-pyrrole nitrogens is 1. The summed E-state index contributed by atoms with van der Waals surface area (Å²) >= 11 is 0. The van der Waals surface area contributed by atoms with Crippen LogP contribution in [0.25, 0.3) is 0 Å². The average Bonchev–Trinajstić information content (AvgIpc) is 2.58. The predicted octanol–water partition coefficient (Wildman–Crippen LogP) is 1.40. The number of morpholine rings is 1. The molecule has 25 heavy (non-hydrogen) atoms. The molecule has 0 atom stereocenters. The SMILES string of the molecule is Cc1nc(N2CCOCC2)[nH]c(=O)c1CCC(=O)NCCCC(C)C. The molecule has 2 heterocycles. The van der Waals surface area contributed by atoms with Gasteiger partial charge in [-0.05, 0) is 32.1 Å². The third-order valence-corrected chi connectivity index (χ3v) is 4.40. The van der Waals surface area contributed by atoms with E-state index in [9.17, 15) is 9.59 Å². The van der Waals surface area contributed by atoms with Crippen molar-refractivity contribution in [3.63, 3.8) is 0 Å². The first kappa shape index (κ1) is 19.4. The van der Waals surface area contributed by atoms with Crippen LogP contribution in [0.4, 0.5) is 5.95 Å². The first-order valence-corrected chi connectivity index (χ1v) is 9.16. The van der Waals surface area contributed by atoms with Crippen LogP contribution in [0.3, 0.4) is 0 Å². The lowest BCUT2D eigenvalue weighted by Gasteiger charge is -2.27. The van der Waals surface area contributed by atoms with Gasteiger partial charge in [-0.25, -0.2) is 4.98 Å². The van der Waals surface area contributed by atoms with E-state index < -0.39 is 0 Å². The highest BCUT2D eigenvalue weighted by Gasteiger charge is 2.16. The maximum atomic E-state index is 12.4. The van der Waals surface area contributed by atoms with Crippen molar-refractivity contribution in [2.24, 2.45) is 5.92 Å². The van der Waals surface area contributed by atoms with Crippen molar-refractivity contribution >= 4 is 11.9 Å². The second kappa shape index (κ2) is 9.56. The second-order valence-corrected chi connectivity index (χ2v) is 6.94. The molecular weight excluding hydrogens is 320 g/mol. The zero-order chi connectivity index (χ0) is 18.2. The van der Waals surface area contributed by atoms with Gasteiger partial charge >= 0.3 is 0 Å². The number of carbonyl (C=O) groups is 1. The van der Waals surface area contributed by atoms with Crippen molar-refractivity contribution in [2.45, 2.75) is 46.5 Å². The molecule has 1 aromatic heterocycles. The van der Waals surface area contributed by atoms with Gasteiger partial charge in [0.25, 0.3) is 5.56 Å². The molecule has 1 aliphatic rings. The van der Waals surface area contributed by atoms with Crippen molar-refractivity contribution in [1.82, 2.24) is 15.3 Å². The molecule has 0 saturated carbocycles. The molecule has 2 rings (SSSR count). The number of aromatic nitrogens is 2. The van der Waals surface area contributed by atoms with Gasteiger partial charge in [-0.3, -0.25) is 14.6 Å². The highest BCUT2D eigenvalue weighted by molar-refractivity contribution is 5.76. The topological polar surface area (TPSA) is 87.3 Å². The number of aromatic amines is 1. The summed E-state index contributed by atoms with van der Waals surface area (Å²) in [5, 5.41) is 2.92. The maximum absolute atomic E-state index is 12.4. The lowest BCUT2D eigenvalue weighted by atomic mass is 10.1. The molecule has 0 radical (unpaired) electrons. The van der Waals surface area contributed by atoms with Crippen LogP contribution < -0.4 is 15.8 Å². The number of ether oxygens (including phenoxy) is 1. The smallest absolute Gasteiger partial charge is 0.255 e. The van der Waals surface area contributed by atoms with Crippen molar-refractivity contribution in [1.29, 1.82) is 0 Å².